The molecule has 3 heteroatoms. The highest BCUT2D eigenvalue weighted by atomic mass is 35.5. The fourth-order valence-electron chi connectivity index (χ4n) is 1.94. The van der Waals surface area contributed by atoms with Crippen molar-refractivity contribution in [2.75, 3.05) is 6.54 Å². The van der Waals surface area contributed by atoms with Gasteiger partial charge in [-0.15, -0.1) is 0 Å². The molecule has 0 aromatic heterocycles. The molecule has 0 unspecified atom stereocenters. The van der Waals surface area contributed by atoms with Crippen LogP contribution in [0.2, 0.25) is 10.0 Å². The zero-order valence-electron chi connectivity index (χ0n) is 8.06. The van der Waals surface area contributed by atoms with Gasteiger partial charge in [0.25, 0.3) is 0 Å². The number of benzene rings is 1. The summed E-state index contributed by atoms with van der Waals surface area (Å²) in [6, 6.07) is 6.17. The molecule has 0 amide bonds. The molecule has 1 aliphatic rings. The summed E-state index contributed by atoms with van der Waals surface area (Å²) in [5.74, 6) is 0.734. The molecule has 14 heavy (non-hydrogen) atoms. The van der Waals surface area contributed by atoms with Gasteiger partial charge in [-0.3, -0.25) is 0 Å². The standard InChI is InChI=1S/C11H13Cl2N/c1-7-2-11(14-6-7)8-3-9(12)5-10(13)4-8/h3-5,7,11,14H,2,6H2,1H3/t7-,11-/m0/s1. The first-order valence-corrected chi connectivity index (χ1v) is 5.60. The highest BCUT2D eigenvalue weighted by molar-refractivity contribution is 6.34. The summed E-state index contributed by atoms with van der Waals surface area (Å²) in [4.78, 5) is 0. The molecule has 2 atom stereocenters. The molecule has 0 aliphatic carbocycles. The van der Waals surface area contributed by atoms with Crippen LogP contribution in [0.1, 0.15) is 24.9 Å². The molecule has 2 rings (SSSR count). The fourth-order valence-corrected chi connectivity index (χ4v) is 2.49. The Kier molecular flexibility index (Phi) is 3.01. The minimum Gasteiger partial charge on any atom is -0.310 e. The first kappa shape index (κ1) is 10.3. The van der Waals surface area contributed by atoms with Crippen LogP contribution in [0.25, 0.3) is 0 Å². The van der Waals surface area contributed by atoms with E-state index in [1.54, 1.807) is 6.07 Å². The Morgan fingerprint density at radius 3 is 2.36 bits per heavy atom. The Hall–Kier alpha value is -0.240. The van der Waals surface area contributed by atoms with Gasteiger partial charge in [-0.2, -0.15) is 0 Å². The number of nitrogens with one attached hydrogen (secondary N) is 1. The number of halogens is 2. The molecule has 1 aliphatic heterocycles. The van der Waals surface area contributed by atoms with E-state index in [4.69, 9.17) is 23.2 Å². The molecule has 1 fully saturated rings. The third-order valence-corrected chi connectivity index (χ3v) is 3.07. The van der Waals surface area contributed by atoms with Gasteiger partial charge in [0, 0.05) is 16.1 Å². The molecule has 0 saturated carbocycles. The average Bonchev–Trinajstić information content (AvgIpc) is 2.50. The monoisotopic (exact) mass is 229 g/mol. The average molecular weight is 230 g/mol. The van der Waals surface area contributed by atoms with Crippen molar-refractivity contribution in [3.05, 3.63) is 33.8 Å². The third-order valence-electron chi connectivity index (χ3n) is 2.64. The summed E-state index contributed by atoms with van der Waals surface area (Å²) in [5.41, 5.74) is 1.20. The van der Waals surface area contributed by atoms with Crippen molar-refractivity contribution in [2.24, 2.45) is 5.92 Å². The van der Waals surface area contributed by atoms with Gasteiger partial charge in [0.05, 0.1) is 0 Å². The summed E-state index contributed by atoms with van der Waals surface area (Å²) < 4.78 is 0. The van der Waals surface area contributed by atoms with Gasteiger partial charge in [-0.05, 0) is 42.6 Å². The lowest BCUT2D eigenvalue weighted by molar-refractivity contribution is 0.612. The molecule has 76 valence electrons. The maximum Gasteiger partial charge on any atom is 0.0424 e. The smallest absolute Gasteiger partial charge is 0.0424 e. The van der Waals surface area contributed by atoms with Gasteiger partial charge in [-0.25, -0.2) is 0 Å². The van der Waals surface area contributed by atoms with E-state index in [1.807, 2.05) is 12.1 Å². The SMILES string of the molecule is C[C@@H]1CN[C@H](c2cc(Cl)cc(Cl)c2)C1. The lowest BCUT2D eigenvalue weighted by atomic mass is 10.0. The van der Waals surface area contributed by atoms with Crippen LogP contribution in [0.5, 0.6) is 0 Å². The second-order valence-electron chi connectivity index (χ2n) is 4.00. The van der Waals surface area contributed by atoms with E-state index < -0.39 is 0 Å². The van der Waals surface area contributed by atoms with Gasteiger partial charge < -0.3 is 5.32 Å². The normalized spacial score (nSPS) is 26.8. The molecule has 0 radical (unpaired) electrons. The van der Waals surface area contributed by atoms with E-state index >= 15 is 0 Å². The van der Waals surface area contributed by atoms with E-state index in [9.17, 15) is 0 Å². The van der Waals surface area contributed by atoms with Crippen molar-refractivity contribution >= 4 is 23.2 Å². The maximum atomic E-state index is 5.95. The van der Waals surface area contributed by atoms with Crippen LogP contribution in [0, 0.1) is 5.92 Å². The molecule has 0 spiro atoms. The minimum absolute atomic E-state index is 0.418. The predicted molar refractivity (Wildman–Crippen MR) is 61.0 cm³/mol. The second-order valence-corrected chi connectivity index (χ2v) is 4.88. The molecular formula is C11H13Cl2N. The third kappa shape index (κ3) is 2.22. The first-order valence-electron chi connectivity index (χ1n) is 4.84. The van der Waals surface area contributed by atoms with Crippen LogP contribution in [0.4, 0.5) is 0 Å². The van der Waals surface area contributed by atoms with E-state index in [-0.39, 0.29) is 0 Å². The van der Waals surface area contributed by atoms with Crippen LogP contribution < -0.4 is 5.32 Å². The lowest BCUT2D eigenvalue weighted by Gasteiger charge is -2.11. The Balaban J connectivity index is 2.23. The van der Waals surface area contributed by atoms with Crippen molar-refractivity contribution in [1.29, 1.82) is 0 Å². The number of hydrogen-bond donors (Lipinski definition) is 1. The zero-order valence-corrected chi connectivity index (χ0v) is 9.57. The second kappa shape index (κ2) is 4.09. The van der Waals surface area contributed by atoms with E-state index in [1.165, 1.54) is 5.56 Å². The van der Waals surface area contributed by atoms with Crippen LogP contribution >= 0.6 is 23.2 Å². The molecular weight excluding hydrogens is 217 g/mol. The summed E-state index contributed by atoms with van der Waals surface area (Å²) in [5, 5.41) is 4.89. The molecule has 1 N–H and O–H groups in total. The quantitative estimate of drug-likeness (QED) is 0.776. The maximum absolute atomic E-state index is 5.95. The summed E-state index contributed by atoms with van der Waals surface area (Å²) >= 11 is 11.9. The first-order chi connectivity index (χ1) is 6.65. The highest BCUT2D eigenvalue weighted by Gasteiger charge is 2.22. The van der Waals surface area contributed by atoms with Gasteiger partial charge in [-0.1, -0.05) is 30.1 Å². The lowest BCUT2D eigenvalue weighted by Crippen LogP contribution is -2.13. The Morgan fingerprint density at radius 1 is 1.21 bits per heavy atom. The van der Waals surface area contributed by atoms with Gasteiger partial charge in [0.15, 0.2) is 0 Å². The minimum atomic E-state index is 0.418. The molecule has 0 bridgehead atoms. The number of rotatable bonds is 1. The van der Waals surface area contributed by atoms with Gasteiger partial charge in [0.2, 0.25) is 0 Å². The van der Waals surface area contributed by atoms with Gasteiger partial charge >= 0.3 is 0 Å². The topological polar surface area (TPSA) is 12.0 Å². The van der Waals surface area contributed by atoms with Gasteiger partial charge in [0.1, 0.15) is 0 Å². The van der Waals surface area contributed by atoms with E-state index in [2.05, 4.69) is 12.2 Å². The summed E-state index contributed by atoms with van der Waals surface area (Å²) in [7, 11) is 0. The van der Waals surface area contributed by atoms with Crippen molar-refractivity contribution in [1.82, 2.24) is 5.32 Å². The molecule has 1 saturated heterocycles. The van der Waals surface area contributed by atoms with Crippen LogP contribution in [0.15, 0.2) is 18.2 Å². The van der Waals surface area contributed by atoms with Crippen molar-refractivity contribution in [3.8, 4) is 0 Å². The van der Waals surface area contributed by atoms with Crippen molar-refractivity contribution in [2.45, 2.75) is 19.4 Å². The Bertz CT molecular complexity index is 318. The summed E-state index contributed by atoms with van der Waals surface area (Å²) in [6.07, 6.45) is 1.16. The van der Waals surface area contributed by atoms with Crippen LogP contribution in [-0.2, 0) is 0 Å². The molecule has 1 nitrogen and oxygen atoms in total. The highest BCUT2D eigenvalue weighted by Crippen LogP contribution is 2.30. The molecule has 1 heterocycles. The van der Waals surface area contributed by atoms with Crippen molar-refractivity contribution < 1.29 is 0 Å². The summed E-state index contributed by atoms with van der Waals surface area (Å²) in [6.45, 7) is 3.33. The Morgan fingerprint density at radius 2 is 1.86 bits per heavy atom. The molecule has 1 aromatic carbocycles. The molecule has 1 aromatic rings. The van der Waals surface area contributed by atoms with E-state index in [0.717, 1.165) is 18.9 Å². The predicted octanol–water partition coefficient (Wildman–Crippen LogP) is 3.66. The van der Waals surface area contributed by atoms with E-state index in [0.29, 0.717) is 16.1 Å². The largest absolute Gasteiger partial charge is 0.310 e. The zero-order chi connectivity index (χ0) is 10.1. The van der Waals surface area contributed by atoms with Crippen LogP contribution in [-0.4, -0.2) is 6.54 Å². The van der Waals surface area contributed by atoms with Crippen molar-refractivity contribution in [3.63, 3.8) is 0 Å². The van der Waals surface area contributed by atoms with Crippen LogP contribution in [0.3, 0.4) is 0 Å². The number of hydrogen-bond acceptors (Lipinski definition) is 1. The fraction of sp³-hybridized carbons (Fsp3) is 0.455. The Labute approximate surface area is 94.4 Å².